The Morgan fingerprint density at radius 1 is 0.960 bits per heavy atom. The van der Waals surface area contributed by atoms with Crippen molar-refractivity contribution in [3.8, 4) is 0 Å². The minimum atomic E-state index is 0.986. The first-order valence-electron chi connectivity index (χ1n) is 8.75. The molecule has 5 rings (SSSR count). The number of fused-ring (bicyclic) bond motifs is 2. The molecule has 1 N–H and O–H groups in total. The van der Waals surface area contributed by atoms with E-state index >= 15 is 0 Å². The Kier molecular flexibility index (Phi) is 3.68. The summed E-state index contributed by atoms with van der Waals surface area (Å²) in [4.78, 5) is 8.49. The molecule has 2 aromatic carbocycles. The van der Waals surface area contributed by atoms with Gasteiger partial charge in [0.1, 0.15) is 5.82 Å². The van der Waals surface area contributed by atoms with Crippen molar-refractivity contribution in [3.63, 3.8) is 0 Å². The second-order valence-electron chi connectivity index (χ2n) is 6.65. The largest absolute Gasteiger partial charge is 0.357 e. The summed E-state index contributed by atoms with van der Waals surface area (Å²) >= 11 is 1.60. The number of para-hydroxylation sites is 1. The molecule has 2 aromatic heterocycles. The lowest BCUT2D eigenvalue weighted by atomic mass is 10.2. The van der Waals surface area contributed by atoms with Crippen LogP contribution in [0.4, 0.5) is 5.82 Å². The number of hydrogen-bond donors (Lipinski definition) is 1. The zero-order valence-electron chi connectivity index (χ0n) is 14.0. The predicted molar refractivity (Wildman–Crippen MR) is 105 cm³/mol. The average molecular weight is 348 g/mol. The van der Waals surface area contributed by atoms with E-state index in [2.05, 4.69) is 69.4 Å². The fourth-order valence-electron chi connectivity index (χ4n) is 3.68. The van der Waals surface area contributed by atoms with Gasteiger partial charge in [-0.05, 0) is 41.2 Å². The zero-order chi connectivity index (χ0) is 16.6. The first-order valence-corrected chi connectivity index (χ1v) is 9.52. The molecular weight excluding hydrogens is 328 g/mol. The van der Waals surface area contributed by atoms with Crippen LogP contribution in [0.25, 0.3) is 21.0 Å². The van der Waals surface area contributed by atoms with Crippen LogP contribution in [0.3, 0.4) is 0 Å². The van der Waals surface area contributed by atoms with Crippen LogP contribution in [0.5, 0.6) is 0 Å². The van der Waals surface area contributed by atoms with Gasteiger partial charge in [-0.2, -0.15) is 4.37 Å². The molecule has 0 bridgehead atoms. The van der Waals surface area contributed by atoms with Crippen LogP contribution >= 0.6 is 11.5 Å². The maximum atomic E-state index is 4.70. The van der Waals surface area contributed by atoms with Gasteiger partial charge < -0.3 is 9.88 Å². The van der Waals surface area contributed by atoms with Crippen LogP contribution < -0.4 is 4.90 Å². The Balaban J connectivity index is 1.28. The van der Waals surface area contributed by atoms with Crippen molar-refractivity contribution >= 4 is 38.3 Å². The van der Waals surface area contributed by atoms with Crippen molar-refractivity contribution in [2.45, 2.75) is 6.54 Å². The van der Waals surface area contributed by atoms with E-state index in [-0.39, 0.29) is 0 Å². The molecule has 0 aliphatic carbocycles. The van der Waals surface area contributed by atoms with Crippen molar-refractivity contribution in [1.29, 1.82) is 0 Å². The highest BCUT2D eigenvalue weighted by molar-refractivity contribution is 7.13. The second-order valence-corrected chi connectivity index (χ2v) is 7.45. The summed E-state index contributed by atoms with van der Waals surface area (Å²) in [5.41, 5.74) is 2.53. The number of aromatic nitrogens is 2. The summed E-state index contributed by atoms with van der Waals surface area (Å²) in [5.74, 6) is 1.16. The molecule has 0 spiro atoms. The summed E-state index contributed by atoms with van der Waals surface area (Å²) in [6.07, 6.45) is 0. The van der Waals surface area contributed by atoms with Crippen LogP contribution in [0.1, 0.15) is 5.69 Å². The van der Waals surface area contributed by atoms with Gasteiger partial charge in [-0.25, -0.2) is 0 Å². The van der Waals surface area contributed by atoms with E-state index in [0.29, 0.717) is 0 Å². The molecule has 4 aromatic rings. The van der Waals surface area contributed by atoms with E-state index in [1.165, 1.54) is 26.7 Å². The van der Waals surface area contributed by atoms with Gasteiger partial charge >= 0.3 is 0 Å². The smallest absolute Gasteiger partial charge is 0.150 e. The first-order chi connectivity index (χ1) is 12.4. The second kappa shape index (κ2) is 6.17. The quantitative estimate of drug-likeness (QED) is 0.605. The molecule has 1 aliphatic heterocycles. The molecule has 0 atom stereocenters. The Labute approximate surface area is 150 Å². The number of aromatic amines is 1. The fraction of sp³-hybridized carbons (Fsp3) is 0.250. The highest BCUT2D eigenvalue weighted by Gasteiger charge is 2.21. The van der Waals surface area contributed by atoms with Gasteiger partial charge in [-0.15, -0.1) is 0 Å². The Morgan fingerprint density at radius 3 is 2.64 bits per heavy atom. The molecule has 3 heterocycles. The lowest BCUT2D eigenvalue weighted by molar-refractivity contribution is 0.247. The summed E-state index contributed by atoms with van der Waals surface area (Å²) in [7, 11) is 0. The van der Waals surface area contributed by atoms with Gasteiger partial charge in [0.15, 0.2) is 0 Å². The topological polar surface area (TPSA) is 35.2 Å². The van der Waals surface area contributed by atoms with E-state index in [4.69, 9.17) is 4.37 Å². The van der Waals surface area contributed by atoms with Gasteiger partial charge in [-0.1, -0.05) is 30.3 Å². The molecule has 0 saturated carbocycles. The van der Waals surface area contributed by atoms with Gasteiger partial charge in [0.25, 0.3) is 0 Å². The Hall–Kier alpha value is -2.37. The number of piperazine rings is 1. The van der Waals surface area contributed by atoms with E-state index in [1.54, 1.807) is 11.5 Å². The monoisotopic (exact) mass is 348 g/mol. The number of nitrogens with one attached hydrogen (secondary N) is 1. The number of anilines is 1. The van der Waals surface area contributed by atoms with E-state index in [0.717, 1.165) is 38.5 Å². The summed E-state index contributed by atoms with van der Waals surface area (Å²) < 4.78 is 5.98. The van der Waals surface area contributed by atoms with Crippen molar-refractivity contribution in [2.24, 2.45) is 0 Å². The summed E-state index contributed by atoms with van der Waals surface area (Å²) in [6, 6.07) is 19.3. The third-order valence-corrected chi connectivity index (χ3v) is 5.83. The third-order valence-electron chi connectivity index (χ3n) is 5.01. The maximum Gasteiger partial charge on any atom is 0.150 e. The molecule has 0 unspecified atom stereocenters. The molecule has 126 valence electrons. The van der Waals surface area contributed by atoms with Crippen molar-refractivity contribution < 1.29 is 0 Å². The molecule has 1 fully saturated rings. The zero-order valence-corrected chi connectivity index (χ0v) is 14.8. The van der Waals surface area contributed by atoms with Crippen molar-refractivity contribution in [2.75, 3.05) is 31.1 Å². The molecular formula is C20H20N4S. The van der Waals surface area contributed by atoms with Gasteiger partial charge in [0.05, 0.1) is 4.70 Å². The third kappa shape index (κ3) is 2.79. The molecule has 0 radical (unpaired) electrons. The normalized spacial score (nSPS) is 16.1. The standard InChI is InChI=1S/C20H20N4S/c1-3-7-18-15(5-1)13-16(21-18)14-23-9-11-24(12-10-23)20-17-6-2-4-8-19(17)25-22-20/h1-8,13,21H,9-12,14H2. The fourth-order valence-corrected chi connectivity index (χ4v) is 4.47. The van der Waals surface area contributed by atoms with Crippen LogP contribution in [0.15, 0.2) is 54.6 Å². The molecule has 0 amide bonds. The summed E-state index contributed by atoms with van der Waals surface area (Å²) in [5, 5.41) is 2.58. The maximum absolute atomic E-state index is 4.70. The van der Waals surface area contributed by atoms with Gasteiger partial charge in [0.2, 0.25) is 0 Å². The molecule has 1 saturated heterocycles. The van der Waals surface area contributed by atoms with Crippen molar-refractivity contribution in [1.82, 2.24) is 14.3 Å². The van der Waals surface area contributed by atoms with Crippen molar-refractivity contribution in [3.05, 3.63) is 60.3 Å². The molecule has 5 heteroatoms. The lowest BCUT2D eigenvalue weighted by Crippen LogP contribution is -2.46. The van der Waals surface area contributed by atoms with E-state index < -0.39 is 0 Å². The number of nitrogens with zero attached hydrogens (tertiary/aromatic N) is 3. The number of rotatable bonds is 3. The SMILES string of the molecule is c1ccc2[nH]c(CN3CCN(c4nsc5ccccc45)CC3)cc2c1. The highest BCUT2D eigenvalue weighted by atomic mass is 32.1. The number of benzene rings is 2. The minimum absolute atomic E-state index is 0.986. The molecule has 1 aliphatic rings. The van der Waals surface area contributed by atoms with E-state index in [1.807, 2.05) is 0 Å². The Morgan fingerprint density at radius 2 is 1.76 bits per heavy atom. The van der Waals surface area contributed by atoms with Gasteiger partial charge in [-0.3, -0.25) is 4.90 Å². The van der Waals surface area contributed by atoms with Crippen LogP contribution in [0.2, 0.25) is 0 Å². The van der Waals surface area contributed by atoms with Crippen LogP contribution in [-0.2, 0) is 6.54 Å². The number of H-pyrrole nitrogens is 1. The molecule has 25 heavy (non-hydrogen) atoms. The lowest BCUT2D eigenvalue weighted by Gasteiger charge is -2.34. The highest BCUT2D eigenvalue weighted by Crippen LogP contribution is 2.30. The van der Waals surface area contributed by atoms with Gasteiger partial charge in [0, 0.05) is 49.3 Å². The predicted octanol–water partition coefficient (Wildman–Crippen LogP) is 4.10. The Bertz CT molecular complexity index is 978. The first kappa shape index (κ1) is 14.9. The average Bonchev–Trinajstić information content (AvgIpc) is 3.26. The van der Waals surface area contributed by atoms with E-state index in [9.17, 15) is 0 Å². The molecule has 4 nitrogen and oxygen atoms in total. The number of hydrogen-bond acceptors (Lipinski definition) is 4. The minimum Gasteiger partial charge on any atom is -0.357 e. The van der Waals surface area contributed by atoms with Crippen LogP contribution in [0, 0.1) is 0 Å². The van der Waals surface area contributed by atoms with Crippen LogP contribution in [-0.4, -0.2) is 40.4 Å². The summed E-state index contributed by atoms with van der Waals surface area (Å²) in [6.45, 7) is 5.20.